The van der Waals surface area contributed by atoms with E-state index in [2.05, 4.69) is 47.3 Å². The molecule has 1 unspecified atom stereocenters. The molecule has 4 nitrogen and oxygen atoms in total. The zero-order chi connectivity index (χ0) is 12.3. The maximum Gasteiger partial charge on any atom is 0.0794 e. The predicted molar refractivity (Wildman–Crippen MR) is 75.5 cm³/mol. The van der Waals surface area contributed by atoms with Gasteiger partial charge in [0.25, 0.3) is 0 Å². The smallest absolute Gasteiger partial charge is 0.0794 e. The number of nitrogens with two attached hydrogens (primary N) is 1. The normalized spacial score (nSPS) is 12.6. The summed E-state index contributed by atoms with van der Waals surface area (Å²) in [5.74, 6) is 5.59. The summed E-state index contributed by atoms with van der Waals surface area (Å²) >= 11 is 8.48. The van der Waals surface area contributed by atoms with E-state index >= 15 is 0 Å². The largest absolute Gasteiger partial charge is 0.271 e. The Morgan fingerprint density at radius 3 is 2.82 bits per heavy atom. The van der Waals surface area contributed by atoms with E-state index in [1.54, 1.807) is 17.5 Å². The van der Waals surface area contributed by atoms with Crippen molar-refractivity contribution in [1.29, 1.82) is 0 Å². The predicted octanol–water partition coefficient (Wildman–Crippen LogP) is 2.81. The summed E-state index contributed by atoms with van der Waals surface area (Å²) in [5.41, 5.74) is 5.49. The van der Waals surface area contributed by atoms with Gasteiger partial charge >= 0.3 is 0 Å². The first-order valence-corrected chi connectivity index (χ1v) is 7.31. The molecule has 0 aliphatic rings. The Morgan fingerprint density at radius 2 is 2.24 bits per heavy atom. The monoisotopic (exact) mass is 376 g/mol. The molecule has 1 atom stereocenters. The van der Waals surface area contributed by atoms with Gasteiger partial charge in [-0.1, -0.05) is 0 Å². The summed E-state index contributed by atoms with van der Waals surface area (Å²) in [6, 6.07) is 1.93. The standard InChI is InChI=1S/C10H10Br2N4S/c11-6-1-8(12)10(15-3-6)9(16-13)2-7-4-14-5-17-7/h1,3-5,9,16H,2,13H2. The highest BCUT2D eigenvalue weighted by Gasteiger charge is 2.16. The number of aromatic nitrogens is 2. The van der Waals surface area contributed by atoms with Crippen LogP contribution in [0, 0.1) is 0 Å². The Hall–Kier alpha value is -0.340. The first-order chi connectivity index (χ1) is 8.20. The Labute approximate surface area is 120 Å². The molecular formula is C10H10Br2N4S. The highest BCUT2D eigenvalue weighted by Crippen LogP contribution is 2.27. The Bertz CT molecular complexity index is 489. The van der Waals surface area contributed by atoms with Crippen molar-refractivity contribution in [3.63, 3.8) is 0 Å². The van der Waals surface area contributed by atoms with Gasteiger partial charge in [0.05, 0.1) is 17.2 Å². The molecule has 90 valence electrons. The molecule has 0 aliphatic heterocycles. The average Bonchev–Trinajstić information content (AvgIpc) is 2.79. The van der Waals surface area contributed by atoms with Crippen molar-refractivity contribution in [1.82, 2.24) is 15.4 Å². The van der Waals surface area contributed by atoms with Gasteiger partial charge in [-0.25, -0.2) is 0 Å². The quantitative estimate of drug-likeness (QED) is 0.635. The van der Waals surface area contributed by atoms with Crippen molar-refractivity contribution in [2.75, 3.05) is 0 Å². The molecule has 2 rings (SSSR count). The Morgan fingerprint density at radius 1 is 1.41 bits per heavy atom. The summed E-state index contributed by atoms with van der Waals surface area (Å²) in [6.45, 7) is 0. The second-order valence-electron chi connectivity index (χ2n) is 3.41. The summed E-state index contributed by atoms with van der Waals surface area (Å²) in [4.78, 5) is 9.60. The van der Waals surface area contributed by atoms with Crippen LogP contribution in [0.2, 0.25) is 0 Å². The molecule has 3 N–H and O–H groups in total. The Kier molecular flexibility index (Phi) is 4.63. The molecule has 17 heavy (non-hydrogen) atoms. The van der Waals surface area contributed by atoms with Crippen LogP contribution >= 0.6 is 43.2 Å². The topological polar surface area (TPSA) is 63.8 Å². The highest BCUT2D eigenvalue weighted by molar-refractivity contribution is 9.11. The Balaban J connectivity index is 2.23. The molecule has 0 aromatic carbocycles. The minimum Gasteiger partial charge on any atom is -0.271 e. The van der Waals surface area contributed by atoms with Crippen molar-refractivity contribution in [2.24, 2.45) is 5.84 Å². The van der Waals surface area contributed by atoms with E-state index in [1.807, 2.05) is 17.8 Å². The third kappa shape index (κ3) is 3.32. The van der Waals surface area contributed by atoms with Crippen LogP contribution in [-0.2, 0) is 6.42 Å². The number of rotatable bonds is 4. The lowest BCUT2D eigenvalue weighted by Gasteiger charge is -2.15. The number of nitrogens with one attached hydrogen (secondary N) is 1. The first kappa shape index (κ1) is 13.1. The van der Waals surface area contributed by atoms with Gasteiger partial charge < -0.3 is 0 Å². The number of pyridine rings is 1. The SMILES string of the molecule is NNC(Cc1cncs1)c1ncc(Br)cc1Br. The van der Waals surface area contributed by atoms with Crippen molar-refractivity contribution in [2.45, 2.75) is 12.5 Å². The maximum atomic E-state index is 5.59. The van der Waals surface area contributed by atoms with Gasteiger partial charge in [-0.05, 0) is 37.9 Å². The lowest BCUT2D eigenvalue weighted by molar-refractivity contribution is 0.539. The van der Waals surface area contributed by atoms with Crippen LogP contribution in [0.25, 0.3) is 0 Å². The number of hydrogen-bond donors (Lipinski definition) is 2. The second-order valence-corrected chi connectivity index (χ2v) is 6.15. The van der Waals surface area contributed by atoms with Crippen molar-refractivity contribution in [3.8, 4) is 0 Å². The molecule has 2 aromatic rings. The molecular weight excluding hydrogens is 368 g/mol. The van der Waals surface area contributed by atoms with Crippen LogP contribution in [0.15, 0.2) is 32.9 Å². The van der Waals surface area contributed by atoms with Crippen molar-refractivity contribution in [3.05, 3.63) is 43.5 Å². The van der Waals surface area contributed by atoms with E-state index < -0.39 is 0 Å². The fourth-order valence-electron chi connectivity index (χ4n) is 1.46. The van der Waals surface area contributed by atoms with E-state index in [1.165, 1.54) is 4.88 Å². The molecule has 0 fully saturated rings. The average molecular weight is 378 g/mol. The summed E-state index contributed by atoms with van der Waals surface area (Å²) in [7, 11) is 0. The van der Waals surface area contributed by atoms with Gasteiger partial charge in [0.15, 0.2) is 0 Å². The number of thiazole rings is 1. The van der Waals surface area contributed by atoms with Crippen LogP contribution in [0.4, 0.5) is 0 Å². The summed E-state index contributed by atoms with van der Waals surface area (Å²) in [6.07, 6.45) is 4.38. The van der Waals surface area contributed by atoms with E-state index in [0.29, 0.717) is 0 Å². The lowest BCUT2D eigenvalue weighted by Crippen LogP contribution is -2.30. The van der Waals surface area contributed by atoms with Crippen molar-refractivity contribution >= 4 is 43.2 Å². The van der Waals surface area contributed by atoms with Crippen molar-refractivity contribution < 1.29 is 0 Å². The van der Waals surface area contributed by atoms with E-state index in [0.717, 1.165) is 21.1 Å². The summed E-state index contributed by atoms with van der Waals surface area (Å²) in [5, 5.41) is 0. The lowest BCUT2D eigenvalue weighted by atomic mass is 10.1. The molecule has 0 amide bonds. The fraction of sp³-hybridized carbons (Fsp3) is 0.200. The zero-order valence-electron chi connectivity index (χ0n) is 8.73. The van der Waals surface area contributed by atoms with Crippen LogP contribution < -0.4 is 11.3 Å². The number of nitrogens with zero attached hydrogens (tertiary/aromatic N) is 2. The number of hydrazine groups is 1. The van der Waals surface area contributed by atoms with E-state index in [4.69, 9.17) is 5.84 Å². The molecule has 0 spiro atoms. The van der Waals surface area contributed by atoms with Crippen LogP contribution in [-0.4, -0.2) is 9.97 Å². The molecule has 0 bridgehead atoms. The van der Waals surface area contributed by atoms with E-state index in [9.17, 15) is 0 Å². The number of halogens is 2. The van der Waals surface area contributed by atoms with Gasteiger partial charge in [0.1, 0.15) is 0 Å². The first-order valence-electron chi connectivity index (χ1n) is 4.85. The molecule has 0 saturated heterocycles. The van der Waals surface area contributed by atoms with Gasteiger partial charge in [0.2, 0.25) is 0 Å². The minimum atomic E-state index is -0.0297. The van der Waals surface area contributed by atoms with Gasteiger partial charge in [-0.15, -0.1) is 11.3 Å². The molecule has 0 saturated carbocycles. The van der Waals surface area contributed by atoms with Gasteiger partial charge in [0, 0.05) is 32.6 Å². The highest BCUT2D eigenvalue weighted by atomic mass is 79.9. The minimum absolute atomic E-state index is 0.0297. The van der Waals surface area contributed by atoms with Gasteiger partial charge in [-0.2, -0.15) is 0 Å². The van der Waals surface area contributed by atoms with Crippen LogP contribution in [0.5, 0.6) is 0 Å². The maximum absolute atomic E-state index is 5.59. The second kappa shape index (κ2) is 6.01. The molecule has 7 heteroatoms. The number of hydrogen-bond acceptors (Lipinski definition) is 5. The third-order valence-corrected chi connectivity index (χ3v) is 4.13. The fourth-order valence-corrected chi connectivity index (χ4v) is 3.37. The molecule has 0 aliphatic carbocycles. The molecule has 2 aromatic heterocycles. The van der Waals surface area contributed by atoms with Gasteiger partial charge in [-0.3, -0.25) is 21.2 Å². The summed E-state index contributed by atoms with van der Waals surface area (Å²) < 4.78 is 1.86. The molecule has 2 heterocycles. The zero-order valence-corrected chi connectivity index (χ0v) is 12.7. The molecule has 0 radical (unpaired) electrons. The van der Waals surface area contributed by atoms with E-state index in [-0.39, 0.29) is 6.04 Å². The third-order valence-electron chi connectivity index (χ3n) is 2.26. The van der Waals surface area contributed by atoms with Crippen LogP contribution in [0.3, 0.4) is 0 Å². The van der Waals surface area contributed by atoms with Crippen LogP contribution in [0.1, 0.15) is 16.6 Å².